The molecule has 0 atom stereocenters. The van der Waals surface area contributed by atoms with Crippen molar-refractivity contribution in [2.24, 2.45) is 0 Å². The fourth-order valence-corrected chi connectivity index (χ4v) is 2.83. The highest BCUT2D eigenvalue weighted by Crippen LogP contribution is 2.26. The van der Waals surface area contributed by atoms with Crippen LogP contribution in [0.5, 0.6) is 5.75 Å². The zero-order valence-corrected chi connectivity index (χ0v) is 15.8. The molecular formula is C21H19FN4O4. The van der Waals surface area contributed by atoms with Gasteiger partial charge in [-0.05, 0) is 48.5 Å². The summed E-state index contributed by atoms with van der Waals surface area (Å²) in [4.78, 5) is 8.17. The van der Waals surface area contributed by atoms with Crippen LogP contribution in [-0.2, 0) is 6.61 Å². The highest BCUT2D eigenvalue weighted by Gasteiger charge is 2.10. The number of ether oxygens (including phenoxy) is 1. The monoisotopic (exact) mass is 410 g/mol. The van der Waals surface area contributed by atoms with Gasteiger partial charge in [0, 0.05) is 16.8 Å². The maximum Gasteiger partial charge on any atom is 0.229 e. The van der Waals surface area contributed by atoms with Crippen molar-refractivity contribution in [2.75, 3.05) is 23.8 Å². The molecule has 2 heterocycles. The Morgan fingerprint density at radius 1 is 1.00 bits per heavy atom. The average molecular weight is 410 g/mol. The van der Waals surface area contributed by atoms with Gasteiger partial charge in [0.05, 0.1) is 12.8 Å². The lowest BCUT2D eigenvalue weighted by Crippen LogP contribution is -2.04. The Morgan fingerprint density at radius 3 is 2.57 bits per heavy atom. The number of hydrogen-bond acceptors (Lipinski definition) is 8. The van der Waals surface area contributed by atoms with Gasteiger partial charge in [-0.15, -0.1) is 0 Å². The number of aliphatic hydroxyl groups is 2. The Hall–Kier alpha value is -3.69. The van der Waals surface area contributed by atoms with Crippen LogP contribution in [0.25, 0.3) is 11.0 Å². The number of nitrogens with zero attached hydrogens (tertiary/aromatic N) is 2. The Kier molecular flexibility index (Phi) is 5.73. The summed E-state index contributed by atoms with van der Waals surface area (Å²) in [6.07, 6.45) is 1.08. The van der Waals surface area contributed by atoms with E-state index in [2.05, 4.69) is 20.6 Å². The molecule has 0 aliphatic carbocycles. The lowest BCUT2D eigenvalue weighted by molar-refractivity contribution is 0.201. The van der Waals surface area contributed by atoms with Gasteiger partial charge in [-0.25, -0.2) is 9.37 Å². The second kappa shape index (κ2) is 8.76. The van der Waals surface area contributed by atoms with Crippen LogP contribution >= 0.6 is 0 Å². The van der Waals surface area contributed by atoms with Crippen molar-refractivity contribution >= 4 is 34.1 Å². The Labute approximate surface area is 171 Å². The minimum Gasteiger partial charge on any atom is -0.491 e. The van der Waals surface area contributed by atoms with Crippen LogP contribution in [0.3, 0.4) is 0 Å². The molecule has 2 aromatic carbocycles. The summed E-state index contributed by atoms with van der Waals surface area (Å²) in [5.41, 5.74) is 1.93. The van der Waals surface area contributed by atoms with Crippen molar-refractivity contribution in [1.29, 1.82) is 0 Å². The first-order chi connectivity index (χ1) is 14.6. The van der Waals surface area contributed by atoms with E-state index in [1.807, 2.05) is 0 Å². The van der Waals surface area contributed by atoms with Gasteiger partial charge in [0.2, 0.25) is 5.95 Å². The molecule has 30 heavy (non-hydrogen) atoms. The number of benzene rings is 2. The molecule has 0 unspecified atom stereocenters. The van der Waals surface area contributed by atoms with Crippen LogP contribution in [-0.4, -0.2) is 33.4 Å². The van der Waals surface area contributed by atoms with E-state index < -0.39 is 5.82 Å². The molecule has 0 saturated heterocycles. The molecule has 9 heteroatoms. The fourth-order valence-electron chi connectivity index (χ4n) is 2.83. The van der Waals surface area contributed by atoms with Crippen molar-refractivity contribution < 1.29 is 23.8 Å². The molecule has 0 bridgehead atoms. The summed E-state index contributed by atoms with van der Waals surface area (Å²) >= 11 is 0. The van der Waals surface area contributed by atoms with E-state index in [1.165, 1.54) is 0 Å². The molecule has 0 spiro atoms. The van der Waals surface area contributed by atoms with Crippen molar-refractivity contribution in [3.63, 3.8) is 0 Å². The Balaban J connectivity index is 1.50. The van der Waals surface area contributed by atoms with Gasteiger partial charge in [-0.1, -0.05) is 0 Å². The number of halogens is 1. The number of hydrogen-bond donors (Lipinski definition) is 4. The summed E-state index contributed by atoms with van der Waals surface area (Å²) in [7, 11) is 0. The van der Waals surface area contributed by atoms with E-state index in [9.17, 15) is 9.50 Å². The van der Waals surface area contributed by atoms with Crippen LogP contribution < -0.4 is 15.4 Å². The predicted molar refractivity (Wildman–Crippen MR) is 110 cm³/mol. The van der Waals surface area contributed by atoms with E-state index in [0.29, 0.717) is 28.5 Å². The molecule has 0 amide bonds. The minimum absolute atomic E-state index is 0.0145. The minimum atomic E-state index is -0.600. The van der Waals surface area contributed by atoms with Gasteiger partial charge >= 0.3 is 0 Å². The summed E-state index contributed by atoms with van der Waals surface area (Å²) in [5, 5.41) is 24.7. The molecule has 4 N–H and O–H groups in total. The molecule has 4 rings (SSSR count). The molecule has 0 aliphatic rings. The zero-order valence-electron chi connectivity index (χ0n) is 15.8. The topological polar surface area (TPSA) is 113 Å². The van der Waals surface area contributed by atoms with Gasteiger partial charge in [0.15, 0.2) is 11.6 Å². The van der Waals surface area contributed by atoms with Crippen LogP contribution in [0.15, 0.2) is 59.1 Å². The van der Waals surface area contributed by atoms with Gasteiger partial charge < -0.3 is 30.0 Å². The SMILES string of the molecule is OCCOc1ccc(Nc2ncc(F)c(Nc3ccc4oc(CO)cc4c3)n2)cc1. The molecule has 0 fully saturated rings. The number of aromatic nitrogens is 2. The highest BCUT2D eigenvalue weighted by molar-refractivity contribution is 5.82. The number of aliphatic hydroxyl groups excluding tert-OH is 2. The standard InChI is InChI=1S/C21H19FN4O4/c22-18-11-23-21(25-14-1-4-16(5-2-14)29-8-7-27)26-20(18)24-15-3-6-19-13(9-15)10-17(12-28)30-19/h1-6,9-11,27-28H,7-8,12H2,(H2,23,24,25,26). The first-order valence-corrected chi connectivity index (χ1v) is 9.18. The summed E-state index contributed by atoms with van der Waals surface area (Å²) < 4.78 is 25.0. The van der Waals surface area contributed by atoms with Gasteiger partial charge in [-0.3, -0.25) is 0 Å². The van der Waals surface area contributed by atoms with Crippen LogP contribution in [0, 0.1) is 5.82 Å². The number of fused-ring (bicyclic) bond motifs is 1. The second-order valence-electron chi connectivity index (χ2n) is 6.36. The molecular weight excluding hydrogens is 391 g/mol. The Morgan fingerprint density at radius 2 is 1.80 bits per heavy atom. The smallest absolute Gasteiger partial charge is 0.229 e. The van der Waals surface area contributed by atoms with E-state index in [-0.39, 0.29) is 31.6 Å². The molecule has 8 nitrogen and oxygen atoms in total. The van der Waals surface area contributed by atoms with Crippen LogP contribution in [0.4, 0.5) is 27.5 Å². The third kappa shape index (κ3) is 4.48. The second-order valence-corrected chi connectivity index (χ2v) is 6.36. The van der Waals surface area contributed by atoms with Gasteiger partial charge in [0.25, 0.3) is 0 Å². The molecule has 4 aromatic rings. The summed E-state index contributed by atoms with van der Waals surface area (Å²) in [6.45, 7) is -0.0360. The lowest BCUT2D eigenvalue weighted by Gasteiger charge is -2.10. The maximum absolute atomic E-state index is 14.2. The zero-order chi connectivity index (χ0) is 20.9. The van der Waals surface area contributed by atoms with E-state index in [4.69, 9.17) is 14.3 Å². The summed E-state index contributed by atoms with van der Waals surface area (Å²) in [6, 6.07) is 14.0. The number of nitrogens with one attached hydrogen (secondary N) is 2. The number of furan rings is 1. The first kappa shape index (κ1) is 19.6. The van der Waals surface area contributed by atoms with Crippen molar-refractivity contribution in [2.45, 2.75) is 6.61 Å². The van der Waals surface area contributed by atoms with E-state index in [0.717, 1.165) is 11.6 Å². The quantitative estimate of drug-likeness (QED) is 0.348. The highest BCUT2D eigenvalue weighted by atomic mass is 19.1. The average Bonchev–Trinajstić information content (AvgIpc) is 3.18. The first-order valence-electron chi connectivity index (χ1n) is 9.18. The molecule has 0 aliphatic heterocycles. The normalized spacial score (nSPS) is 10.9. The predicted octanol–water partition coefficient (Wildman–Crippen LogP) is 3.71. The third-order valence-corrected chi connectivity index (χ3v) is 4.20. The van der Waals surface area contributed by atoms with Crippen LogP contribution in [0.1, 0.15) is 5.76 Å². The molecule has 2 aromatic heterocycles. The van der Waals surface area contributed by atoms with Crippen molar-refractivity contribution in [3.05, 3.63) is 66.3 Å². The fraction of sp³-hybridized carbons (Fsp3) is 0.143. The maximum atomic E-state index is 14.2. The lowest BCUT2D eigenvalue weighted by atomic mass is 10.2. The van der Waals surface area contributed by atoms with Crippen molar-refractivity contribution in [1.82, 2.24) is 9.97 Å². The van der Waals surface area contributed by atoms with E-state index >= 15 is 0 Å². The largest absolute Gasteiger partial charge is 0.491 e. The summed E-state index contributed by atoms with van der Waals surface area (Å²) in [5.74, 6) is 0.706. The third-order valence-electron chi connectivity index (χ3n) is 4.20. The molecule has 0 radical (unpaired) electrons. The van der Waals surface area contributed by atoms with Gasteiger partial charge in [0.1, 0.15) is 30.3 Å². The van der Waals surface area contributed by atoms with Crippen LogP contribution in [0.2, 0.25) is 0 Å². The molecule has 154 valence electrons. The van der Waals surface area contributed by atoms with Crippen molar-refractivity contribution in [3.8, 4) is 5.75 Å². The van der Waals surface area contributed by atoms with Gasteiger partial charge in [-0.2, -0.15) is 4.98 Å². The molecule has 0 saturated carbocycles. The van der Waals surface area contributed by atoms with E-state index in [1.54, 1.807) is 48.5 Å². The number of anilines is 4. The Bertz CT molecular complexity index is 1150. The number of rotatable bonds is 8.